The van der Waals surface area contributed by atoms with E-state index in [2.05, 4.69) is 26.1 Å². The highest BCUT2D eigenvalue weighted by Gasteiger charge is 2.54. The highest BCUT2D eigenvalue weighted by molar-refractivity contribution is 9.10. The van der Waals surface area contributed by atoms with E-state index in [1.54, 1.807) is 6.20 Å². The number of hydrogen-bond donors (Lipinski definition) is 1. The largest absolute Gasteiger partial charge is 0.490 e. The molecule has 2 aromatic carbocycles. The SMILES string of the molecule is O=C(CN1C(=O)C2(CCC(Oc3ccc4[nH]ncc4c3)CC2)c2c(Br)cccc21)N1CC(F)(F)C1. The van der Waals surface area contributed by atoms with E-state index in [1.165, 1.54) is 4.90 Å². The zero-order chi connectivity index (χ0) is 24.4. The molecule has 3 aromatic rings. The van der Waals surface area contributed by atoms with Gasteiger partial charge in [-0.2, -0.15) is 5.10 Å². The van der Waals surface area contributed by atoms with Crippen molar-refractivity contribution in [1.82, 2.24) is 15.1 Å². The van der Waals surface area contributed by atoms with Gasteiger partial charge in [0.15, 0.2) is 0 Å². The van der Waals surface area contributed by atoms with Crippen LogP contribution in [0.15, 0.2) is 47.1 Å². The number of carbonyl (C=O) groups excluding carboxylic acids is 2. The molecule has 182 valence electrons. The Labute approximate surface area is 208 Å². The molecule has 0 bridgehead atoms. The van der Waals surface area contributed by atoms with Gasteiger partial charge in [-0.3, -0.25) is 14.7 Å². The molecule has 0 unspecified atom stereocenters. The Morgan fingerprint density at radius 2 is 1.97 bits per heavy atom. The topological polar surface area (TPSA) is 78.5 Å². The molecule has 2 amide bonds. The number of hydrogen-bond acceptors (Lipinski definition) is 4. The van der Waals surface area contributed by atoms with Gasteiger partial charge in [0.1, 0.15) is 12.3 Å². The fraction of sp³-hybridized carbons (Fsp3) is 0.400. The number of benzene rings is 2. The van der Waals surface area contributed by atoms with Crippen LogP contribution in [0.4, 0.5) is 14.5 Å². The Balaban J connectivity index is 1.21. The van der Waals surface area contributed by atoms with Gasteiger partial charge in [0.2, 0.25) is 11.8 Å². The maximum atomic E-state index is 13.8. The molecule has 3 heterocycles. The minimum absolute atomic E-state index is 0.0392. The fourth-order valence-corrected chi connectivity index (χ4v) is 6.35. The molecule has 0 atom stereocenters. The Kier molecular flexibility index (Phi) is 5.14. The Hall–Kier alpha value is -3.01. The number of carbonyl (C=O) groups is 2. The third-order valence-electron chi connectivity index (χ3n) is 7.41. The number of anilines is 1. The van der Waals surface area contributed by atoms with Crippen LogP contribution in [0.25, 0.3) is 10.9 Å². The molecule has 1 spiro atoms. The predicted octanol–water partition coefficient (Wildman–Crippen LogP) is 4.41. The van der Waals surface area contributed by atoms with E-state index < -0.39 is 30.3 Å². The van der Waals surface area contributed by atoms with Crippen molar-refractivity contribution < 1.29 is 23.1 Å². The number of likely N-dealkylation sites (tertiary alicyclic amines) is 1. The highest BCUT2D eigenvalue weighted by Crippen LogP contribution is 2.53. The lowest BCUT2D eigenvalue weighted by Gasteiger charge is -2.39. The van der Waals surface area contributed by atoms with Crippen LogP contribution in [0.2, 0.25) is 0 Å². The lowest BCUT2D eigenvalue weighted by molar-refractivity contribution is -0.164. The smallest absolute Gasteiger partial charge is 0.282 e. The zero-order valence-corrected chi connectivity index (χ0v) is 20.4. The van der Waals surface area contributed by atoms with Gasteiger partial charge >= 0.3 is 0 Å². The summed E-state index contributed by atoms with van der Waals surface area (Å²) < 4.78 is 33.6. The van der Waals surface area contributed by atoms with E-state index >= 15 is 0 Å². The van der Waals surface area contributed by atoms with Gasteiger partial charge in [0, 0.05) is 21.1 Å². The van der Waals surface area contributed by atoms with Crippen molar-refractivity contribution in [3.05, 3.63) is 52.6 Å². The molecule has 3 aliphatic rings. The highest BCUT2D eigenvalue weighted by atomic mass is 79.9. The number of alkyl halides is 2. The van der Waals surface area contributed by atoms with Crippen LogP contribution in [0.1, 0.15) is 31.2 Å². The molecule has 1 saturated heterocycles. The van der Waals surface area contributed by atoms with Crippen LogP contribution in [0.3, 0.4) is 0 Å². The van der Waals surface area contributed by atoms with E-state index in [0.29, 0.717) is 31.4 Å². The van der Waals surface area contributed by atoms with E-state index in [-0.39, 0.29) is 18.6 Å². The lowest BCUT2D eigenvalue weighted by Crippen LogP contribution is -2.60. The van der Waals surface area contributed by atoms with Crippen LogP contribution >= 0.6 is 15.9 Å². The van der Waals surface area contributed by atoms with Crippen molar-refractivity contribution in [2.24, 2.45) is 0 Å². The average Bonchev–Trinajstić information content (AvgIpc) is 3.36. The number of ether oxygens (including phenoxy) is 1. The molecule has 1 saturated carbocycles. The van der Waals surface area contributed by atoms with Gasteiger partial charge in [-0.15, -0.1) is 0 Å². The minimum atomic E-state index is -2.84. The first-order chi connectivity index (χ1) is 16.8. The Morgan fingerprint density at radius 1 is 1.20 bits per heavy atom. The first-order valence-corrected chi connectivity index (χ1v) is 12.4. The third-order valence-corrected chi connectivity index (χ3v) is 8.07. The van der Waals surface area contributed by atoms with E-state index in [4.69, 9.17) is 4.74 Å². The minimum Gasteiger partial charge on any atom is -0.490 e. The molecule has 10 heteroatoms. The maximum absolute atomic E-state index is 13.8. The standard InChI is InChI=1S/C25H23BrF2N4O3/c26-18-2-1-3-20-22(18)24(23(34)32(20)12-21(33)31-13-25(27,28)14-31)8-6-16(7-9-24)35-17-4-5-19-15(10-17)11-29-30-19/h1-5,10-11,16H,6-9,12-14H2,(H,29,30). The average molecular weight is 545 g/mol. The van der Waals surface area contributed by atoms with Gasteiger partial charge in [-0.25, -0.2) is 8.78 Å². The summed E-state index contributed by atoms with van der Waals surface area (Å²) in [7, 11) is 0. The predicted molar refractivity (Wildman–Crippen MR) is 129 cm³/mol. The Bertz CT molecular complexity index is 1330. The first-order valence-electron chi connectivity index (χ1n) is 11.6. The van der Waals surface area contributed by atoms with Crippen LogP contribution in [0, 0.1) is 0 Å². The Morgan fingerprint density at radius 3 is 2.71 bits per heavy atom. The van der Waals surface area contributed by atoms with E-state index in [9.17, 15) is 18.4 Å². The molecule has 1 aliphatic carbocycles. The monoisotopic (exact) mass is 544 g/mol. The summed E-state index contributed by atoms with van der Waals surface area (Å²) in [5.74, 6) is -2.68. The number of rotatable bonds is 4. The van der Waals surface area contributed by atoms with Crippen molar-refractivity contribution in [3.8, 4) is 5.75 Å². The van der Waals surface area contributed by atoms with Gasteiger partial charge in [-0.05, 0) is 56.0 Å². The number of fused-ring (bicyclic) bond motifs is 3. The molecular formula is C25H23BrF2N4O3. The van der Waals surface area contributed by atoms with E-state index in [0.717, 1.165) is 31.6 Å². The zero-order valence-electron chi connectivity index (χ0n) is 18.8. The number of nitrogens with zero attached hydrogens (tertiary/aromatic N) is 3. The molecule has 2 aliphatic heterocycles. The van der Waals surface area contributed by atoms with Crippen LogP contribution in [-0.2, 0) is 15.0 Å². The second-order valence-electron chi connectivity index (χ2n) is 9.65. The van der Waals surface area contributed by atoms with Crippen LogP contribution < -0.4 is 9.64 Å². The fourth-order valence-electron chi connectivity index (χ4n) is 5.62. The second kappa shape index (κ2) is 8.01. The van der Waals surface area contributed by atoms with Crippen molar-refractivity contribution in [2.75, 3.05) is 24.5 Å². The van der Waals surface area contributed by atoms with Gasteiger partial charge in [0.25, 0.3) is 5.92 Å². The number of aromatic amines is 1. The molecule has 1 N–H and O–H groups in total. The molecular weight excluding hydrogens is 522 g/mol. The second-order valence-corrected chi connectivity index (χ2v) is 10.5. The van der Waals surface area contributed by atoms with Gasteiger partial charge in [-0.1, -0.05) is 22.0 Å². The summed E-state index contributed by atoms with van der Waals surface area (Å²) in [5.41, 5.74) is 1.73. The maximum Gasteiger partial charge on any atom is 0.282 e. The normalized spacial score (nSPS) is 25.1. The molecule has 7 nitrogen and oxygen atoms in total. The quantitative estimate of drug-likeness (QED) is 0.527. The lowest BCUT2D eigenvalue weighted by atomic mass is 9.69. The third kappa shape index (κ3) is 3.69. The molecule has 35 heavy (non-hydrogen) atoms. The summed E-state index contributed by atoms with van der Waals surface area (Å²) in [6.07, 6.45) is 4.22. The molecule has 2 fully saturated rings. The van der Waals surface area contributed by atoms with Crippen molar-refractivity contribution in [1.29, 1.82) is 0 Å². The number of amides is 2. The summed E-state index contributed by atoms with van der Waals surface area (Å²) >= 11 is 3.62. The summed E-state index contributed by atoms with van der Waals surface area (Å²) in [5, 5.41) is 7.93. The molecule has 6 rings (SSSR count). The van der Waals surface area contributed by atoms with Gasteiger partial charge in [0.05, 0.1) is 36.3 Å². The summed E-state index contributed by atoms with van der Waals surface area (Å²) in [4.78, 5) is 29.1. The summed E-state index contributed by atoms with van der Waals surface area (Å²) in [6.45, 7) is -1.41. The van der Waals surface area contributed by atoms with Crippen molar-refractivity contribution in [3.63, 3.8) is 0 Å². The van der Waals surface area contributed by atoms with Crippen molar-refractivity contribution in [2.45, 2.75) is 43.1 Å². The number of nitrogens with one attached hydrogen (secondary N) is 1. The van der Waals surface area contributed by atoms with E-state index in [1.807, 2.05) is 36.4 Å². The molecule has 0 radical (unpaired) electrons. The van der Waals surface area contributed by atoms with Crippen LogP contribution in [-0.4, -0.2) is 58.6 Å². The first kappa shape index (κ1) is 22.5. The number of halogens is 3. The molecule has 1 aromatic heterocycles. The summed E-state index contributed by atoms with van der Waals surface area (Å²) in [6, 6.07) is 11.3. The number of aromatic nitrogens is 2. The van der Waals surface area contributed by atoms with Gasteiger partial charge < -0.3 is 14.5 Å². The number of H-pyrrole nitrogens is 1. The van der Waals surface area contributed by atoms with Crippen molar-refractivity contribution >= 4 is 44.3 Å². The van der Waals surface area contributed by atoms with Crippen LogP contribution in [0.5, 0.6) is 5.75 Å².